The monoisotopic (exact) mass is 471 g/mol. The molecule has 0 atom stereocenters. The zero-order chi connectivity index (χ0) is 22.8. The standard InChI is InChI=1S/C21H16N2O7S2/c24-14-9-12(2-3-13(14)20(27)28)22-18(25)5-6-23-19(26)17(32-21(23)31)8-11-1-4-15-16(7-11)30-10-29-15/h1-4,7-9,24H,5-6,10H2,(H,22,25)(H,27,28)/p-1/b17-8-. The molecule has 11 heteroatoms. The van der Waals surface area contributed by atoms with E-state index in [2.05, 4.69) is 5.32 Å². The minimum absolute atomic E-state index is 0.0569. The number of carbonyl (C=O) groups excluding carboxylic acids is 2. The molecule has 2 aromatic carbocycles. The quantitative estimate of drug-likeness (QED) is 0.482. The van der Waals surface area contributed by atoms with Gasteiger partial charge in [0.05, 0.1) is 10.5 Å². The molecule has 0 saturated carbocycles. The maximum atomic E-state index is 12.7. The molecule has 164 valence electrons. The van der Waals surface area contributed by atoms with Gasteiger partial charge in [-0.15, -0.1) is 0 Å². The second-order valence-corrected chi connectivity index (χ2v) is 8.44. The van der Waals surface area contributed by atoms with E-state index in [4.69, 9.17) is 26.8 Å². The number of hydrogen-bond donors (Lipinski definition) is 2. The lowest BCUT2D eigenvalue weighted by molar-refractivity contribution is -0.268. The second-order valence-electron chi connectivity index (χ2n) is 6.76. The molecular weight excluding hydrogens is 456 g/mol. The van der Waals surface area contributed by atoms with Gasteiger partial charge in [0.2, 0.25) is 12.7 Å². The van der Waals surface area contributed by atoms with Gasteiger partial charge in [-0.2, -0.15) is 0 Å². The number of nitrogens with zero attached hydrogens (tertiary/aromatic N) is 1. The molecular formula is C21H15N2O7S2-. The molecule has 4 rings (SSSR count). The second kappa shape index (κ2) is 8.89. The molecule has 2 aromatic rings. The molecule has 2 aliphatic heterocycles. The van der Waals surface area contributed by atoms with Crippen molar-refractivity contribution in [2.75, 3.05) is 18.7 Å². The number of fused-ring (bicyclic) bond motifs is 1. The number of carboxylic acids is 1. The van der Waals surface area contributed by atoms with Crippen LogP contribution >= 0.6 is 24.0 Å². The predicted molar refractivity (Wildman–Crippen MR) is 119 cm³/mol. The van der Waals surface area contributed by atoms with Crippen molar-refractivity contribution >= 4 is 57.8 Å². The summed E-state index contributed by atoms with van der Waals surface area (Å²) in [7, 11) is 0. The molecule has 0 bridgehead atoms. The van der Waals surface area contributed by atoms with E-state index in [1.807, 2.05) is 0 Å². The zero-order valence-electron chi connectivity index (χ0n) is 16.3. The molecule has 2 aliphatic rings. The lowest BCUT2D eigenvalue weighted by Gasteiger charge is -2.15. The van der Waals surface area contributed by atoms with Crippen molar-refractivity contribution in [2.45, 2.75) is 6.42 Å². The molecule has 1 saturated heterocycles. The number of thioether (sulfide) groups is 1. The van der Waals surface area contributed by atoms with E-state index >= 15 is 0 Å². The van der Waals surface area contributed by atoms with Crippen LogP contribution in [0.1, 0.15) is 22.3 Å². The molecule has 0 radical (unpaired) electrons. The molecule has 2 N–H and O–H groups in total. The minimum atomic E-state index is -1.34. The first-order chi connectivity index (χ1) is 15.3. The Morgan fingerprint density at radius 2 is 2.00 bits per heavy atom. The lowest BCUT2D eigenvalue weighted by atomic mass is 10.2. The molecule has 0 aromatic heterocycles. The molecule has 1 fully saturated rings. The molecule has 9 nitrogen and oxygen atoms in total. The first-order valence-electron chi connectivity index (χ1n) is 9.31. The van der Waals surface area contributed by atoms with E-state index in [1.54, 1.807) is 24.3 Å². The summed E-state index contributed by atoms with van der Waals surface area (Å²) < 4.78 is 10.9. The fourth-order valence-electron chi connectivity index (χ4n) is 3.06. The molecule has 0 unspecified atom stereocenters. The summed E-state index contributed by atoms with van der Waals surface area (Å²) >= 11 is 6.42. The molecule has 2 amide bonds. The van der Waals surface area contributed by atoms with Crippen LogP contribution in [0, 0.1) is 0 Å². The normalized spacial score (nSPS) is 16.0. The van der Waals surface area contributed by atoms with Gasteiger partial charge in [0.15, 0.2) is 11.5 Å². The number of carbonyl (C=O) groups is 3. The van der Waals surface area contributed by atoms with Gasteiger partial charge in [0, 0.05) is 18.7 Å². The van der Waals surface area contributed by atoms with Gasteiger partial charge >= 0.3 is 5.97 Å². The molecule has 32 heavy (non-hydrogen) atoms. The average Bonchev–Trinajstić information content (AvgIpc) is 3.30. The summed E-state index contributed by atoms with van der Waals surface area (Å²) in [5, 5.41) is 23.1. The zero-order valence-corrected chi connectivity index (χ0v) is 18.0. The van der Waals surface area contributed by atoms with E-state index in [-0.39, 0.29) is 36.9 Å². The van der Waals surface area contributed by atoms with Gasteiger partial charge in [-0.3, -0.25) is 14.5 Å². The Bertz CT molecular complexity index is 1180. The van der Waals surface area contributed by atoms with E-state index in [0.717, 1.165) is 29.5 Å². The topological polar surface area (TPSA) is 128 Å². The summed E-state index contributed by atoms with van der Waals surface area (Å²) in [5.74, 6) is -1.55. The Labute approximate surface area is 191 Å². The Hall–Kier alpha value is -3.57. The summed E-state index contributed by atoms with van der Waals surface area (Å²) in [6, 6.07) is 8.82. The number of nitrogens with one attached hydrogen (secondary N) is 1. The number of benzene rings is 2. The van der Waals surface area contributed by atoms with E-state index in [1.165, 1.54) is 11.0 Å². The van der Waals surface area contributed by atoms with Crippen LogP contribution in [-0.4, -0.2) is 45.4 Å². The first-order valence-corrected chi connectivity index (χ1v) is 10.5. The van der Waals surface area contributed by atoms with Gasteiger partial charge in [-0.25, -0.2) is 4.79 Å². The smallest absolute Gasteiger partial charge is 0.335 e. The van der Waals surface area contributed by atoms with Crippen LogP contribution in [0.4, 0.5) is 5.69 Å². The number of rotatable bonds is 6. The lowest BCUT2D eigenvalue weighted by Crippen LogP contribution is -2.31. The fourth-order valence-corrected chi connectivity index (χ4v) is 4.37. The number of aromatic carboxylic acids is 1. The largest absolute Gasteiger partial charge is 0.872 e. The summed E-state index contributed by atoms with van der Waals surface area (Å²) in [4.78, 5) is 37.6. The van der Waals surface area contributed by atoms with Crippen molar-refractivity contribution in [3.63, 3.8) is 0 Å². The van der Waals surface area contributed by atoms with E-state index < -0.39 is 17.6 Å². The number of amides is 2. The Morgan fingerprint density at radius 3 is 2.75 bits per heavy atom. The van der Waals surface area contributed by atoms with Gasteiger partial charge in [0.25, 0.3) is 5.91 Å². The van der Waals surface area contributed by atoms with Crippen LogP contribution in [0.2, 0.25) is 0 Å². The number of hydrogen-bond acceptors (Lipinski definition) is 8. The maximum absolute atomic E-state index is 12.7. The highest BCUT2D eigenvalue weighted by Crippen LogP contribution is 2.36. The van der Waals surface area contributed by atoms with Crippen LogP contribution in [0.5, 0.6) is 17.2 Å². The van der Waals surface area contributed by atoms with Crippen molar-refractivity contribution in [3.05, 3.63) is 52.4 Å². The molecule has 0 aliphatic carbocycles. The van der Waals surface area contributed by atoms with Crippen molar-refractivity contribution in [1.29, 1.82) is 0 Å². The third-order valence-corrected chi connectivity index (χ3v) is 6.00. The molecule has 2 heterocycles. The Morgan fingerprint density at radius 1 is 1.22 bits per heavy atom. The van der Waals surface area contributed by atoms with Crippen molar-refractivity contribution in [2.24, 2.45) is 0 Å². The van der Waals surface area contributed by atoms with Crippen LogP contribution in [0.15, 0.2) is 41.3 Å². The van der Waals surface area contributed by atoms with Gasteiger partial charge in [0.1, 0.15) is 4.32 Å². The SMILES string of the molecule is O=C(CCN1C(=O)/C(=C/c2ccc3c(c2)OCO3)SC1=S)Nc1ccc(C(=O)O)c([O-])c1. The van der Waals surface area contributed by atoms with Gasteiger partial charge < -0.3 is 25.0 Å². The Kier molecular flexibility index (Phi) is 6.01. The minimum Gasteiger partial charge on any atom is -0.872 e. The number of anilines is 1. The Balaban J connectivity index is 1.37. The van der Waals surface area contributed by atoms with Crippen LogP contribution < -0.4 is 19.9 Å². The highest BCUT2D eigenvalue weighted by atomic mass is 32.2. The number of thiocarbonyl (C=S) groups is 1. The average molecular weight is 471 g/mol. The van der Waals surface area contributed by atoms with Crippen molar-refractivity contribution in [1.82, 2.24) is 4.90 Å². The highest BCUT2D eigenvalue weighted by molar-refractivity contribution is 8.26. The fraction of sp³-hybridized carbons (Fsp3) is 0.143. The van der Waals surface area contributed by atoms with Crippen LogP contribution in [0.3, 0.4) is 0 Å². The van der Waals surface area contributed by atoms with E-state index in [0.29, 0.717) is 20.7 Å². The van der Waals surface area contributed by atoms with Crippen LogP contribution in [0.25, 0.3) is 6.08 Å². The maximum Gasteiger partial charge on any atom is 0.335 e. The predicted octanol–water partition coefficient (Wildman–Crippen LogP) is 2.42. The van der Waals surface area contributed by atoms with Crippen molar-refractivity contribution < 1.29 is 34.1 Å². The van der Waals surface area contributed by atoms with Gasteiger partial charge in [-0.1, -0.05) is 35.8 Å². The molecule has 0 spiro atoms. The number of ether oxygens (including phenoxy) is 2. The summed E-state index contributed by atoms with van der Waals surface area (Å²) in [5.41, 5.74) is 0.554. The number of carboxylic acid groups (broad SMARTS) is 1. The summed E-state index contributed by atoms with van der Waals surface area (Å²) in [6.07, 6.45) is 1.64. The third kappa shape index (κ3) is 4.53. The van der Waals surface area contributed by atoms with Crippen molar-refractivity contribution in [3.8, 4) is 17.2 Å². The first kappa shape index (κ1) is 21.7. The van der Waals surface area contributed by atoms with Gasteiger partial charge in [-0.05, 0) is 42.0 Å². The highest BCUT2D eigenvalue weighted by Gasteiger charge is 2.32. The van der Waals surface area contributed by atoms with Crippen LogP contribution in [-0.2, 0) is 9.59 Å². The summed E-state index contributed by atoms with van der Waals surface area (Å²) in [6.45, 7) is 0.217. The van der Waals surface area contributed by atoms with E-state index in [9.17, 15) is 19.5 Å². The third-order valence-electron chi connectivity index (χ3n) is 4.63.